The van der Waals surface area contributed by atoms with Gasteiger partial charge in [0.25, 0.3) is 5.91 Å². The number of benzene rings is 1. The molecule has 108 valence electrons. The first-order chi connectivity index (χ1) is 10.8. The Kier molecular flexibility index (Phi) is 2.93. The average Bonchev–Trinajstić information content (AvgIpc) is 3.15. The molecule has 0 atom stereocenters. The van der Waals surface area contributed by atoms with Crippen molar-refractivity contribution in [2.24, 2.45) is 0 Å². The lowest BCUT2D eigenvalue weighted by Crippen LogP contribution is -2.23. The molecule has 1 aliphatic heterocycles. The van der Waals surface area contributed by atoms with Gasteiger partial charge in [-0.3, -0.25) is 9.78 Å². The van der Waals surface area contributed by atoms with Crippen molar-refractivity contribution < 1.29 is 9.21 Å². The standard InChI is InChI=1S/C16H12N4O2/c21-16-12-7-4-8-17-13(12)9-20(16)10-14-18-19-15(22-14)11-5-2-1-3-6-11/h1-8H,9-10H2. The van der Waals surface area contributed by atoms with Gasteiger partial charge in [0.2, 0.25) is 11.8 Å². The van der Waals surface area contributed by atoms with Crippen LogP contribution in [0.4, 0.5) is 0 Å². The van der Waals surface area contributed by atoms with Crippen LogP contribution in [0.1, 0.15) is 21.9 Å². The van der Waals surface area contributed by atoms with Gasteiger partial charge in [-0.2, -0.15) is 0 Å². The zero-order chi connectivity index (χ0) is 14.9. The maximum absolute atomic E-state index is 12.3. The monoisotopic (exact) mass is 292 g/mol. The molecule has 0 radical (unpaired) electrons. The highest BCUT2D eigenvalue weighted by Gasteiger charge is 2.29. The van der Waals surface area contributed by atoms with E-state index in [0.717, 1.165) is 11.3 Å². The van der Waals surface area contributed by atoms with Crippen molar-refractivity contribution in [2.45, 2.75) is 13.1 Å². The minimum Gasteiger partial charge on any atom is -0.419 e. The van der Waals surface area contributed by atoms with Gasteiger partial charge in [-0.05, 0) is 24.3 Å². The van der Waals surface area contributed by atoms with Crippen molar-refractivity contribution in [3.63, 3.8) is 0 Å². The van der Waals surface area contributed by atoms with E-state index in [0.29, 0.717) is 23.9 Å². The van der Waals surface area contributed by atoms with Crippen LogP contribution in [0.25, 0.3) is 11.5 Å². The Morgan fingerprint density at radius 1 is 1.09 bits per heavy atom. The largest absolute Gasteiger partial charge is 0.419 e. The summed E-state index contributed by atoms with van der Waals surface area (Å²) in [6, 6.07) is 13.1. The minimum atomic E-state index is -0.0532. The second kappa shape index (κ2) is 5.07. The van der Waals surface area contributed by atoms with Crippen LogP contribution in [0.15, 0.2) is 53.1 Å². The van der Waals surface area contributed by atoms with Gasteiger partial charge in [-0.1, -0.05) is 18.2 Å². The molecule has 0 bridgehead atoms. The van der Waals surface area contributed by atoms with Crippen LogP contribution in [-0.2, 0) is 13.1 Å². The number of hydrogen-bond donors (Lipinski definition) is 0. The second-order valence-electron chi connectivity index (χ2n) is 5.03. The minimum absolute atomic E-state index is 0.0532. The Morgan fingerprint density at radius 2 is 1.95 bits per heavy atom. The van der Waals surface area contributed by atoms with Crippen molar-refractivity contribution in [1.29, 1.82) is 0 Å². The number of amides is 1. The second-order valence-corrected chi connectivity index (χ2v) is 5.03. The molecule has 6 heteroatoms. The van der Waals surface area contributed by atoms with Gasteiger partial charge in [-0.25, -0.2) is 0 Å². The molecule has 0 saturated carbocycles. The maximum atomic E-state index is 12.3. The van der Waals surface area contributed by atoms with Gasteiger partial charge in [0, 0.05) is 11.8 Å². The SMILES string of the molecule is O=C1c2cccnc2CN1Cc1nnc(-c2ccccc2)o1. The lowest BCUT2D eigenvalue weighted by molar-refractivity contribution is 0.0752. The molecule has 6 nitrogen and oxygen atoms in total. The predicted molar refractivity (Wildman–Crippen MR) is 77.5 cm³/mol. The van der Waals surface area contributed by atoms with E-state index in [-0.39, 0.29) is 12.5 Å². The molecule has 0 saturated heterocycles. The number of carbonyl (C=O) groups excluding carboxylic acids is 1. The van der Waals surface area contributed by atoms with E-state index in [1.165, 1.54) is 0 Å². The van der Waals surface area contributed by atoms with Crippen LogP contribution in [0.2, 0.25) is 0 Å². The van der Waals surface area contributed by atoms with E-state index >= 15 is 0 Å². The number of nitrogens with zero attached hydrogens (tertiary/aromatic N) is 4. The Balaban J connectivity index is 1.54. The third-order valence-corrected chi connectivity index (χ3v) is 3.56. The van der Waals surface area contributed by atoms with Crippen LogP contribution in [0.3, 0.4) is 0 Å². The summed E-state index contributed by atoms with van der Waals surface area (Å²) in [5.41, 5.74) is 2.29. The number of hydrogen-bond acceptors (Lipinski definition) is 5. The molecular weight excluding hydrogens is 280 g/mol. The third-order valence-electron chi connectivity index (χ3n) is 3.56. The van der Waals surface area contributed by atoms with Crippen molar-refractivity contribution in [3.05, 3.63) is 65.8 Å². The zero-order valence-electron chi connectivity index (χ0n) is 11.6. The molecule has 3 aromatic rings. The highest BCUT2D eigenvalue weighted by atomic mass is 16.4. The summed E-state index contributed by atoms with van der Waals surface area (Å²) in [5.74, 6) is 0.820. The highest BCUT2D eigenvalue weighted by molar-refractivity contribution is 5.97. The average molecular weight is 292 g/mol. The van der Waals surface area contributed by atoms with Gasteiger partial charge < -0.3 is 9.32 Å². The van der Waals surface area contributed by atoms with Crippen molar-refractivity contribution in [2.75, 3.05) is 0 Å². The molecule has 2 aromatic heterocycles. The van der Waals surface area contributed by atoms with Crippen LogP contribution in [-0.4, -0.2) is 26.0 Å². The van der Waals surface area contributed by atoms with Crippen LogP contribution in [0.5, 0.6) is 0 Å². The van der Waals surface area contributed by atoms with E-state index in [9.17, 15) is 4.79 Å². The Hall–Kier alpha value is -3.02. The molecule has 3 heterocycles. The summed E-state index contributed by atoms with van der Waals surface area (Å²) in [7, 11) is 0. The molecule has 1 amide bonds. The first-order valence-corrected chi connectivity index (χ1v) is 6.92. The first kappa shape index (κ1) is 12.7. The van der Waals surface area contributed by atoms with Crippen molar-refractivity contribution in [1.82, 2.24) is 20.1 Å². The van der Waals surface area contributed by atoms with Crippen molar-refractivity contribution >= 4 is 5.91 Å². The van der Waals surface area contributed by atoms with E-state index in [2.05, 4.69) is 15.2 Å². The van der Waals surface area contributed by atoms with E-state index < -0.39 is 0 Å². The summed E-state index contributed by atoms with van der Waals surface area (Å²) in [4.78, 5) is 18.2. The fourth-order valence-electron chi connectivity index (χ4n) is 2.49. The molecule has 22 heavy (non-hydrogen) atoms. The normalized spacial score (nSPS) is 13.5. The fraction of sp³-hybridized carbons (Fsp3) is 0.125. The molecule has 0 unspecified atom stereocenters. The summed E-state index contributed by atoms with van der Waals surface area (Å²) >= 11 is 0. The Labute approximate surface area is 126 Å². The summed E-state index contributed by atoms with van der Waals surface area (Å²) in [6.07, 6.45) is 1.69. The van der Waals surface area contributed by atoms with Gasteiger partial charge >= 0.3 is 0 Å². The van der Waals surface area contributed by atoms with Crippen LogP contribution >= 0.6 is 0 Å². The van der Waals surface area contributed by atoms with E-state index in [4.69, 9.17) is 4.42 Å². The molecule has 1 aromatic carbocycles. The highest BCUT2D eigenvalue weighted by Crippen LogP contribution is 2.23. The summed E-state index contributed by atoms with van der Waals surface area (Å²) in [6.45, 7) is 0.757. The topological polar surface area (TPSA) is 72.1 Å². The van der Waals surface area contributed by atoms with E-state index in [1.54, 1.807) is 23.2 Å². The molecule has 0 fully saturated rings. The summed E-state index contributed by atoms with van der Waals surface area (Å²) < 4.78 is 5.64. The summed E-state index contributed by atoms with van der Waals surface area (Å²) in [5, 5.41) is 8.05. The van der Waals surface area contributed by atoms with Gasteiger partial charge in [0.15, 0.2) is 0 Å². The van der Waals surface area contributed by atoms with Gasteiger partial charge in [0.1, 0.15) is 0 Å². The lowest BCUT2D eigenvalue weighted by Gasteiger charge is -2.11. The smallest absolute Gasteiger partial charge is 0.256 e. The number of aromatic nitrogens is 3. The molecular formula is C16H12N4O2. The zero-order valence-corrected chi connectivity index (χ0v) is 11.6. The number of rotatable bonds is 3. The first-order valence-electron chi connectivity index (χ1n) is 6.92. The number of fused-ring (bicyclic) bond motifs is 1. The maximum Gasteiger partial charge on any atom is 0.256 e. The van der Waals surface area contributed by atoms with E-state index in [1.807, 2.05) is 30.3 Å². The Morgan fingerprint density at radius 3 is 2.77 bits per heavy atom. The predicted octanol–water partition coefficient (Wildman–Crippen LogP) is 2.29. The molecule has 1 aliphatic rings. The number of pyridine rings is 1. The molecule has 0 N–H and O–H groups in total. The van der Waals surface area contributed by atoms with Crippen LogP contribution < -0.4 is 0 Å². The molecule has 0 aliphatic carbocycles. The quantitative estimate of drug-likeness (QED) is 0.740. The Bertz CT molecular complexity index is 829. The fourth-order valence-corrected chi connectivity index (χ4v) is 2.49. The van der Waals surface area contributed by atoms with Gasteiger partial charge in [0.05, 0.1) is 24.3 Å². The molecule has 0 spiro atoms. The van der Waals surface area contributed by atoms with Gasteiger partial charge in [-0.15, -0.1) is 10.2 Å². The molecule has 4 rings (SSSR count). The number of carbonyl (C=O) groups is 1. The van der Waals surface area contributed by atoms with Crippen LogP contribution in [0, 0.1) is 0 Å². The van der Waals surface area contributed by atoms with Crippen molar-refractivity contribution in [3.8, 4) is 11.5 Å². The lowest BCUT2D eigenvalue weighted by atomic mass is 10.2. The third kappa shape index (κ3) is 2.14.